The van der Waals surface area contributed by atoms with Crippen molar-refractivity contribution in [1.82, 2.24) is 10.2 Å². The van der Waals surface area contributed by atoms with Crippen LogP contribution in [0, 0.1) is 0 Å². The molecule has 1 heterocycles. The van der Waals surface area contributed by atoms with Crippen molar-refractivity contribution in [2.75, 3.05) is 19.6 Å². The van der Waals surface area contributed by atoms with Crippen molar-refractivity contribution in [3.63, 3.8) is 0 Å². The van der Waals surface area contributed by atoms with Gasteiger partial charge < -0.3 is 5.32 Å². The molecule has 1 aliphatic heterocycles. The van der Waals surface area contributed by atoms with Gasteiger partial charge in [0.05, 0.1) is 6.04 Å². The molecule has 0 radical (unpaired) electrons. The van der Waals surface area contributed by atoms with Gasteiger partial charge >= 0.3 is 0 Å². The van der Waals surface area contributed by atoms with Crippen LogP contribution in [0.3, 0.4) is 0 Å². The number of nitrogens with one attached hydrogen (secondary N) is 1. The predicted octanol–water partition coefficient (Wildman–Crippen LogP) is 0.566. The van der Waals surface area contributed by atoms with Crippen LogP contribution < -0.4 is 5.32 Å². The van der Waals surface area contributed by atoms with Gasteiger partial charge in [-0.2, -0.15) is 0 Å². The van der Waals surface area contributed by atoms with Gasteiger partial charge in [0.1, 0.15) is 5.78 Å². The van der Waals surface area contributed by atoms with Crippen molar-refractivity contribution >= 4 is 11.7 Å². The standard InChI is InChI=1S/C11H20N2O2/c1-3-10(14)5-4-7-13-8-6-12-11(15)9(13)2/h9H,3-8H2,1-2H3,(H,12,15). The molecule has 1 aliphatic rings. The zero-order valence-corrected chi connectivity index (χ0v) is 9.58. The average molecular weight is 212 g/mol. The van der Waals surface area contributed by atoms with E-state index in [9.17, 15) is 9.59 Å². The topological polar surface area (TPSA) is 49.4 Å². The molecule has 15 heavy (non-hydrogen) atoms. The van der Waals surface area contributed by atoms with Crippen molar-refractivity contribution in [3.05, 3.63) is 0 Å². The second-order valence-electron chi connectivity index (χ2n) is 4.00. The Morgan fingerprint density at radius 3 is 3.00 bits per heavy atom. The zero-order valence-electron chi connectivity index (χ0n) is 9.58. The van der Waals surface area contributed by atoms with Crippen LogP contribution in [0.25, 0.3) is 0 Å². The van der Waals surface area contributed by atoms with Gasteiger partial charge in [-0.15, -0.1) is 0 Å². The minimum absolute atomic E-state index is 0.0459. The van der Waals surface area contributed by atoms with Crippen molar-refractivity contribution in [2.24, 2.45) is 0 Å². The molecule has 0 saturated carbocycles. The lowest BCUT2D eigenvalue weighted by molar-refractivity contribution is -0.128. The smallest absolute Gasteiger partial charge is 0.237 e. The summed E-state index contributed by atoms with van der Waals surface area (Å²) in [4.78, 5) is 24.6. The van der Waals surface area contributed by atoms with E-state index in [0.717, 1.165) is 26.1 Å². The van der Waals surface area contributed by atoms with E-state index in [2.05, 4.69) is 10.2 Å². The van der Waals surface area contributed by atoms with Crippen LogP contribution >= 0.6 is 0 Å². The van der Waals surface area contributed by atoms with Gasteiger partial charge in [-0.25, -0.2) is 0 Å². The van der Waals surface area contributed by atoms with Gasteiger partial charge in [0, 0.05) is 25.9 Å². The summed E-state index contributed by atoms with van der Waals surface area (Å²) in [6.45, 7) is 6.27. The molecule has 1 rings (SSSR count). The summed E-state index contributed by atoms with van der Waals surface area (Å²) in [5, 5.41) is 2.82. The number of nitrogens with zero attached hydrogens (tertiary/aromatic N) is 1. The van der Waals surface area contributed by atoms with Gasteiger partial charge in [0.2, 0.25) is 5.91 Å². The van der Waals surface area contributed by atoms with E-state index in [-0.39, 0.29) is 11.9 Å². The number of carbonyl (C=O) groups is 2. The molecular weight excluding hydrogens is 192 g/mol. The normalized spacial score (nSPS) is 22.5. The highest BCUT2D eigenvalue weighted by Crippen LogP contribution is 2.06. The molecule has 0 spiro atoms. The quantitative estimate of drug-likeness (QED) is 0.724. The Kier molecular flexibility index (Phi) is 4.75. The molecule has 0 bridgehead atoms. The van der Waals surface area contributed by atoms with Crippen molar-refractivity contribution < 1.29 is 9.59 Å². The third kappa shape index (κ3) is 3.63. The summed E-state index contributed by atoms with van der Waals surface area (Å²) in [6.07, 6.45) is 2.13. The van der Waals surface area contributed by atoms with E-state index in [0.29, 0.717) is 18.6 Å². The Labute approximate surface area is 91.0 Å². The highest BCUT2D eigenvalue weighted by Gasteiger charge is 2.24. The SMILES string of the molecule is CCC(=O)CCCN1CCNC(=O)C1C. The van der Waals surface area contributed by atoms with Gasteiger partial charge in [-0.1, -0.05) is 6.92 Å². The Bertz CT molecular complexity index is 241. The molecule has 1 atom stereocenters. The maximum Gasteiger partial charge on any atom is 0.237 e. The molecule has 1 saturated heterocycles. The van der Waals surface area contributed by atoms with Crippen molar-refractivity contribution in [2.45, 2.75) is 39.2 Å². The molecule has 1 unspecified atom stereocenters. The maximum absolute atomic E-state index is 11.3. The third-order valence-electron chi connectivity index (χ3n) is 2.92. The predicted molar refractivity (Wildman–Crippen MR) is 58.6 cm³/mol. The van der Waals surface area contributed by atoms with Crippen LogP contribution in [-0.4, -0.2) is 42.3 Å². The van der Waals surface area contributed by atoms with Crippen LogP contribution in [0.15, 0.2) is 0 Å². The van der Waals surface area contributed by atoms with E-state index >= 15 is 0 Å². The van der Waals surface area contributed by atoms with Crippen LogP contribution in [0.2, 0.25) is 0 Å². The third-order valence-corrected chi connectivity index (χ3v) is 2.92. The lowest BCUT2D eigenvalue weighted by Gasteiger charge is -2.32. The second kappa shape index (κ2) is 5.85. The Hall–Kier alpha value is -0.900. The lowest BCUT2D eigenvalue weighted by atomic mass is 10.1. The number of ketones is 1. The number of rotatable bonds is 5. The highest BCUT2D eigenvalue weighted by atomic mass is 16.2. The number of carbonyl (C=O) groups excluding carboxylic acids is 2. The zero-order chi connectivity index (χ0) is 11.3. The minimum Gasteiger partial charge on any atom is -0.353 e. The van der Waals surface area contributed by atoms with Gasteiger partial charge in [-0.3, -0.25) is 14.5 Å². The summed E-state index contributed by atoms with van der Waals surface area (Å²) in [5.74, 6) is 0.409. The fraction of sp³-hybridized carbons (Fsp3) is 0.818. The lowest BCUT2D eigenvalue weighted by Crippen LogP contribution is -2.53. The molecule has 1 N–H and O–H groups in total. The minimum atomic E-state index is -0.0459. The number of amides is 1. The van der Waals surface area contributed by atoms with Crippen molar-refractivity contribution in [1.29, 1.82) is 0 Å². The largest absolute Gasteiger partial charge is 0.353 e. The van der Waals surface area contributed by atoms with Gasteiger partial charge in [-0.05, 0) is 19.9 Å². The fourth-order valence-electron chi connectivity index (χ4n) is 1.79. The molecule has 0 aliphatic carbocycles. The first-order chi connectivity index (χ1) is 7.15. The summed E-state index contributed by atoms with van der Waals surface area (Å²) in [6, 6.07) is -0.0459. The second-order valence-corrected chi connectivity index (χ2v) is 4.00. The fourth-order valence-corrected chi connectivity index (χ4v) is 1.79. The molecule has 0 aromatic carbocycles. The first kappa shape index (κ1) is 12.2. The first-order valence-corrected chi connectivity index (χ1v) is 5.68. The molecule has 4 heteroatoms. The summed E-state index contributed by atoms with van der Waals surface area (Å²) >= 11 is 0. The Balaban J connectivity index is 2.25. The van der Waals surface area contributed by atoms with E-state index in [1.807, 2.05) is 13.8 Å². The number of hydrogen-bond donors (Lipinski definition) is 1. The highest BCUT2D eigenvalue weighted by molar-refractivity contribution is 5.82. The summed E-state index contributed by atoms with van der Waals surface area (Å²) in [5.41, 5.74) is 0. The van der Waals surface area contributed by atoms with Gasteiger partial charge in [0.15, 0.2) is 0 Å². The number of hydrogen-bond acceptors (Lipinski definition) is 3. The summed E-state index contributed by atoms with van der Waals surface area (Å²) < 4.78 is 0. The Morgan fingerprint density at radius 1 is 1.60 bits per heavy atom. The van der Waals surface area contributed by atoms with E-state index < -0.39 is 0 Å². The molecular formula is C11H20N2O2. The average Bonchev–Trinajstić information content (AvgIpc) is 2.24. The van der Waals surface area contributed by atoms with E-state index in [1.54, 1.807) is 0 Å². The van der Waals surface area contributed by atoms with E-state index in [4.69, 9.17) is 0 Å². The number of piperazine rings is 1. The van der Waals surface area contributed by atoms with Crippen LogP contribution in [0.1, 0.15) is 33.1 Å². The van der Waals surface area contributed by atoms with Gasteiger partial charge in [0.25, 0.3) is 0 Å². The molecule has 1 fully saturated rings. The van der Waals surface area contributed by atoms with Crippen LogP contribution in [0.4, 0.5) is 0 Å². The Morgan fingerprint density at radius 2 is 2.33 bits per heavy atom. The van der Waals surface area contributed by atoms with Crippen LogP contribution in [0.5, 0.6) is 0 Å². The van der Waals surface area contributed by atoms with Crippen molar-refractivity contribution in [3.8, 4) is 0 Å². The van der Waals surface area contributed by atoms with Crippen LogP contribution in [-0.2, 0) is 9.59 Å². The molecule has 0 aromatic heterocycles. The first-order valence-electron chi connectivity index (χ1n) is 5.68. The molecule has 86 valence electrons. The molecule has 4 nitrogen and oxygen atoms in total. The monoisotopic (exact) mass is 212 g/mol. The van der Waals surface area contributed by atoms with E-state index in [1.165, 1.54) is 0 Å². The molecule has 1 amide bonds. The number of Topliss-reactive ketones (excluding diaryl/α,β-unsaturated/α-hetero) is 1. The maximum atomic E-state index is 11.3. The molecule has 0 aromatic rings. The summed E-state index contributed by atoms with van der Waals surface area (Å²) in [7, 11) is 0.